The van der Waals surface area contributed by atoms with E-state index in [1.54, 1.807) is 23.1 Å². The minimum atomic E-state index is -1.19. The lowest BCUT2D eigenvalue weighted by Gasteiger charge is -2.43. The van der Waals surface area contributed by atoms with Gasteiger partial charge in [0.05, 0.1) is 53.0 Å². The number of hydrogen-bond acceptors (Lipinski definition) is 9. The van der Waals surface area contributed by atoms with Crippen molar-refractivity contribution in [3.63, 3.8) is 0 Å². The Kier molecular flexibility index (Phi) is 6.90. The van der Waals surface area contributed by atoms with E-state index in [0.717, 1.165) is 12.8 Å². The molecule has 2 aliphatic heterocycles. The summed E-state index contributed by atoms with van der Waals surface area (Å²) in [4.78, 5) is 15.7. The third-order valence-corrected chi connectivity index (χ3v) is 9.30. The molecular formula is C24H33ClN8O3S. The molecule has 13 heteroatoms. The van der Waals surface area contributed by atoms with Gasteiger partial charge in [0, 0.05) is 24.7 Å². The van der Waals surface area contributed by atoms with Crippen LogP contribution in [0.25, 0.3) is 16.9 Å². The topological polar surface area (TPSA) is 144 Å². The molecule has 37 heavy (non-hydrogen) atoms. The fourth-order valence-corrected chi connectivity index (χ4v) is 6.35. The molecule has 1 unspecified atom stereocenters. The van der Waals surface area contributed by atoms with Crippen molar-refractivity contribution in [1.29, 1.82) is 0 Å². The number of nitrogens with one attached hydrogen (secondary N) is 1. The van der Waals surface area contributed by atoms with Gasteiger partial charge in [0.25, 0.3) is 0 Å². The highest BCUT2D eigenvalue weighted by Crippen LogP contribution is 2.43. The lowest BCUT2D eigenvalue weighted by atomic mass is 9.73. The number of fused-ring (bicyclic) bond motifs is 1. The number of anilines is 2. The Hall–Kier alpha value is -2.38. The second-order valence-electron chi connectivity index (χ2n) is 10.8. The lowest BCUT2D eigenvalue weighted by Crippen LogP contribution is -2.55. The van der Waals surface area contributed by atoms with E-state index in [2.05, 4.69) is 19.7 Å². The van der Waals surface area contributed by atoms with E-state index < -0.39 is 11.0 Å². The summed E-state index contributed by atoms with van der Waals surface area (Å²) in [6, 6.07) is 1.70. The Bertz CT molecular complexity index is 1340. The van der Waals surface area contributed by atoms with Gasteiger partial charge in [-0.2, -0.15) is 5.10 Å². The van der Waals surface area contributed by atoms with Gasteiger partial charge in [-0.25, -0.2) is 28.6 Å². The van der Waals surface area contributed by atoms with Gasteiger partial charge in [0.15, 0.2) is 11.5 Å². The second kappa shape index (κ2) is 9.73. The van der Waals surface area contributed by atoms with Gasteiger partial charge in [0.1, 0.15) is 22.1 Å². The summed E-state index contributed by atoms with van der Waals surface area (Å²) in [5, 5.41) is 14.9. The SMILES string of the molecule is C[C@@H]1OCC2(CCN(c3nc4cnn(-c5ccnc(N)c5Cl)c4nc3CO)CC2)[C@@H]1NS(=O)C(C)(C)C. The summed E-state index contributed by atoms with van der Waals surface area (Å²) in [5.41, 5.74) is 7.80. The smallest absolute Gasteiger partial charge is 0.182 e. The summed E-state index contributed by atoms with van der Waals surface area (Å²) in [5.74, 6) is 0.834. The zero-order valence-corrected chi connectivity index (χ0v) is 23.0. The van der Waals surface area contributed by atoms with Crippen LogP contribution in [0.2, 0.25) is 5.02 Å². The third-order valence-electron chi connectivity index (χ3n) is 7.34. The standard InChI is InChI=1S/C24H33ClN8O3S/c1-14-19(31-37(35)23(2,3)4)24(13-36-14)6-9-32(10-7-24)21-16(12-34)30-22-15(29-21)11-28-33(22)17-5-8-27-20(26)18(17)25/h5,8,11,14,19,31,34H,6-7,9-10,12-13H2,1-4H3,(H2,26,27)/t14-,19+,37?/m0/s1. The number of rotatable bonds is 5. The molecule has 2 aliphatic rings. The molecule has 3 atom stereocenters. The van der Waals surface area contributed by atoms with Crippen LogP contribution in [0, 0.1) is 5.41 Å². The Labute approximate surface area is 223 Å². The fourth-order valence-electron chi connectivity index (χ4n) is 5.14. The number of nitrogens with two attached hydrogens (primary N) is 1. The molecule has 0 aliphatic carbocycles. The summed E-state index contributed by atoms with van der Waals surface area (Å²) < 4.78 is 23.5. The number of aliphatic hydroxyl groups excluding tert-OH is 1. The molecule has 5 heterocycles. The van der Waals surface area contributed by atoms with Crippen LogP contribution >= 0.6 is 11.6 Å². The molecule has 0 amide bonds. The van der Waals surface area contributed by atoms with Crippen molar-refractivity contribution in [3.05, 3.63) is 29.2 Å². The number of hydrogen-bond donors (Lipinski definition) is 3. The number of aromatic nitrogens is 5. The van der Waals surface area contributed by atoms with Gasteiger partial charge in [-0.05, 0) is 46.6 Å². The van der Waals surface area contributed by atoms with E-state index >= 15 is 0 Å². The van der Waals surface area contributed by atoms with Crippen LogP contribution in [-0.2, 0) is 22.3 Å². The Balaban J connectivity index is 1.40. The van der Waals surface area contributed by atoms with E-state index in [-0.39, 0.29) is 39.8 Å². The van der Waals surface area contributed by atoms with Crippen LogP contribution in [0.5, 0.6) is 0 Å². The molecule has 2 fully saturated rings. The fraction of sp³-hybridized carbons (Fsp3) is 0.583. The highest BCUT2D eigenvalue weighted by molar-refractivity contribution is 7.84. The van der Waals surface area contributed by atoms with Crippen molar-refractivity contribution in [3.8, 4) is 5.69 Å². The molecule has 2 saturated heterocycles. The number of halogens is 1. The van der Waals surface area contributed by atoms with Gasteiger partial charge in [-0.15, -0.1) is 0 Å². The minimum Gasteiger partial charge on any atom is -0.390 e. The summed E-state index contributed by atoms with van der Waals surface area (Å²) in [6.07, 6.45) is 4.83. The first-order chi connectivity index (χ1) is 17.5. The third kappa shape index (κ3) is 4.69. The second-order valence-corrected chi connectivity index (χ2v) is 13.2. The average molecular weight is 549 g/mol. The molecule has 0 saturated carbocycles. The van der Waals surface area contributed by atoms with Crippen LogP contribution in [0.15, 0.2) is 18.5 Å². The zero-order chi connectivity index (χ0) is 26.5. The van der Waals surface area contributed by atoms with E-state index in [1.807, 2.05) is 27.7 Å². The van der Waals surface area contributed by atoms with Gasteiger partial charge in [-0.1, -0.05) is 11.6 Å². The van der Waals surface area contributed by atoms with Crippen LogP contribution < -0.4 is 15.4 Å². The zero-order valence-electron chi connectivity index (χ0n) is 21.4. The predicted molar refractivity (Wildman–Crippen MR) is 144 cm³/mol. The summed E-state index contributed by atoms with van der Waals surface area (Å²) in [6.45, 7) is 9.73. The molecule has 200 valence electrons. The van der Waals surface area contributed by atoms with Gasteiger partial charge >= 0.3 is 0 Å². The van der Waals surface area contributed by atoms with Crippen LogP contribution in [0.4, 0.5) is 11.6 Å². The molecule has 0 aromatic carbocycles. The number of piperidine rings is 1. The van der Waals surface area contributed by atoms with Gasteiger partial charge in [-0.3, -0.25) is 0 Å². The van der Waals surface area contributed by atoms with E-state index in [4.69, 9.17) is 32.0 Å². The highest BCUT2D eigenvalue weighted by atomic mass is 35.5. The quantitative estimate of drug-likeness (QED) is 0.437. The molecule has 4 N–H and O–H groups in total. The van der Waals surface area contributed by atoms with Crippen molar-refractivity contribution < 1.29 is 14.1 Å². The Morgan fingerprint density at radius 2 is 2.05 bits per heavy atom. The van der Waals surface area contributed by atoms with Crippen LogP contribution in [0.3, 0.4) is 0 Å². The number of aliphatic hydroxyl groups is 1. The molecule has 11 nitrogen and oxygen atoms in total. The summed E-state index contributed by atoms with van der Waals surface area (Å²) >= 11 is 6.36. The lowest BCUT2D eigenvalue weighted by molar-refractivity contribution is 0.0973. The summed E-state index contributed by atoms with van der Waals surface area (Å²) in [7, 11) is -1.19. The normalized spacial score (nSPS) is 22.7. The molecule has 1 spiro atoms. The number of pyridine rings is 1. The number of nitrogen functional groups attached to an aromatic ring is 1. The number of nitrogens with zero attached hydrogens (tertiary/aromatic N) is 6. The van der Waals surface area contributed by atoms with Gasteiger partial charge in [0.2, 0.25) is 0 Å². The van der Waals surface area contributed by atoms with Crippen molar-refractivity contribution in [2.45, 2.75) is 64.0 Å². The molecule has 3 aromatic rings. The molecule has 5 rings (SSSR count). The first kappa shape index (κ1) is 26.2. The van der Waals surface area contributed by atoms with Crippen LogP contribution in [-0.4, -0.2) is 70.6 Å². The van der Waals surface area contributed by atoms with E-state index in [1.165, 1.54) is 0 Å². The predicted octanol–water partition coefficient (Wildman–Crippen LogP) is 2.36. The molecule has 0 bridgehead atoms. The molecular weight excluding hydrogens is 516 g/mol. The van der Waals surface area contributed by atoms with Crippen LogP contribution in [0.1, 0.15) is 46.2 Å². The van der Waals surface area contributed by atoms with Crippen molar-refractivity contribution in [2.75, 3.05) is 30.3 Å². The van der Waals surface area contributed by atoms with Crippen molar-refractivity contribution in [1.82, 2.24) is 29.5 Å². The largest absolute Gasteiger partial charge is 0.390 e. The monoisotopic (exact) mass is 548 g/mol. The molecule has 0 radical (unpaired) electrons. The van der Waals surface area contributed by atoms with E-state index in [0.29, 0.717) is 48.1 Å². The number of ether oxygens (including phenoxy) is 1. The maximum atomic E-state index is 12.9. The van der Waals surface area contributed by atoms with E-state index in [9.17, 15) is 9.32 Å². The highest BCUT2D eigenvalue weighted by Gasteiger charge is 2.50. The maximum absolute atomic E-state index is 12.9. The minimum absolute atomic E-state index is 0.00337. The first-order valence-corrected chi connectivity index (χ1v) is 13.9. The Morgan fingerprint density at radius 1 is 1.32 bits per heavy atom. The molecule has 3 aromatic heterocycles. The van der Waals surface area contributed by atoms with Gasteiger partial charge < -0.3 is 20.5 Å². The maximum Gasteiger partial charge on any atom is 0.182 e. The average Bonchev–Trinajstić information content (AvgIpc) is 3.41. The van der Waals surface area contributed by atoms with Crippen molar-refractivity contribution >= 4 is 45.4 Å². The van der Waals surface area contributed by atoms with Crippen molar-refractivity contribution in [2.24, 2.45) is 5.41 Å². The Morgan fingerprint density at radius 3 is 2.73 bits per heavy atom. The first-order valence-electron chi connectivity index (χ1n) is 12.3.